The van der Waals surface area contributed by atoms with E-state index in [1.54, 1.807) is 25.1 Å². The first-order valence-corrected chi connectivity index (χ1v) is 7.02. The van der Waals surface area contributed by atoms with Gasteiger partial charge in [0.15, 0.2) is 11.6 Å². The smallest absolute Gasteiger partial charge is 0.237 e. The zero-order chi connectivity index (χ0) is 15.4. The third-order valence-electron chi connectivity index (χ3n) is 2.70. The Kier molecular flexibility index (Phi) is 4.90. The second-order valence-corrected chi connectivity index (χ2v) is 5.69. The van der Waals surface area contributed by atoms with Crippen LogP contribution >= 0.6 is 11.8 Å². The molecular weight excluding hydrogens is 299 g/mol. The molecule has 1 N–H and O–H groups in total. The molecule has 0 aromatic heterocycles. The van der Waals surface area contributed by atoms with Crippen molar-refractivity contribution in [3.8, 4) is 0 Å². The lowest BCUT2D eigenvalue weighted by molar-refractivity contribution is -0.115. The fourth-order valence-electron chi connectivity index (χ4n) is 1.60. The Morgan fingerprint density at radius 2 is 1.76 bits per heavy atom. The van der Waals surface area contributed by atoms with Crippen LogP contribution in [0.15, 0.2) is 47.4 Å². The van der Waals surface area contributed by atoms with Gasteiger partial charge in [0.2, 0.25) is 5.91 Å². The lowest BCUT2D eigenvalue weighted by atomic mass is 10.3. The Bertz CT molecular complexity index is 663. The molecule has 0 aliphatic carbocycles. The van der Waals surface area contributed by atoms with Gasteiger partial charge in [-0.3, -0.25) is 4.79 Å². The van der Waals surface area contributed by atoms with E-state index in [2.05, 4.69) is 5.32 Å². The quantitative estimate of drug-likeness (QED) is 0.856. The Balaban J connectivity index is 2.02. The summed E-state index contributed by atoms with van der Waals surface area (Å²) in [5.74, 6) is -2.85. The van der Waals surface area contributed by atoms with Crippen LogP contribution in [0, 0.1) is 17.5 Å². The third kappa shape index (κ3) is 4.01. The SMILES string of the molecule is C[C@@H](Sc1ccccc1F)C(=O)Nc1ccc(F)c(F)c1. The predicted molar refractivity (Wildman–Crippen MR) is 76.7 cm³/mol. The monoisotopic (exact) mass is 311 g/mol. The number of carbonyl (C=O) groups is 1. The first kappa shape index (κ1) is 15.4. The normalized spacial score (nSPS) is 12.0. The van der Waals surface area contributed by atoms with Crippen molar-refractivity contribution >= 4 is 23.4 Å². The molecule has 1 amide bonds. The minimum absolute atomic E-state index is 0.153. The maximum absolute atomic E-state index is 13.5. The molecule has 110 valence electrons. The van der Waals surface area contributed by atoms with Gasteiger partial charge in [-0.15, -0.1) is 11.8 Å². The zero-order valence-electron chi connectivity index (χ0n) is 11.1. The molecule has 0 radical (unpaired) electrons. The van der Waals surface area contributed by atoms with Crippen LogP contribution in [0.2, 0.25) is 0 Å². The van der Waals surface area contributed by atoms with Gasteiger partial charge >= 0.3 is 0 Å². The highest BCUT2D eigenvalue weighted by atomic mass is 32.2. The van der Waals surface area contributed by atoms with Crippen molar-refractivity contribution in [3.63, 3.8) is 0 Å². The number of thioether (sulfide) groups is 1. The molecule has 0 fully saturated rings. The Hall–Kier alpha value is -1.95. The van der Waals surface area contributed by atoms with E-state index in [4.69, 9.17) is 0 Å². The summed E-state index contributed by atoms with van der Waals surface area (Å²) in [5, 5.41) is 1.87. The second kappa shape index (κ2) is 6.67. The van der Waals surface area contributed by atoms with Gasteiger partial charge < -0.3 is 5.32 Å². The summed E-state index contributed by atoms with van der Waals surface area (Å²) in [7, 11) is 0. The lowest BCUT2D eigenvalue weighted by Gasteiger charge is -2.12. The van der Waals surface area contributed by atoms with Gasteiger partial charge in [-0.25, -0.2) is 13.2 Å². The molecule has 0 bridgehead atoms. The van der Waals surface area contributed by atoms with E-state index in [0.717, 1.165) is 23.9 Å². The van der Waals surface area contributed by atoms with E-state index in [1.165, 1.54) is 12.1 Å². The fourth-order valence-corrected chi connectivity index (χ4v) is 2.49. The van der Waals surface area contributed by atoms with Crippen LogP contribution < -0.4 is 5.32 Å². The van der Waals surface area contributed by atoms with Gasteiger partial charge in [0.1, 0.15) is 5.82 Å². The molecule has 0 spiro atoms. The summed E-state index contributed by atoms with van der Waals surface area (Å²) in [6.07, 6.45) is 0. The average molecular weight is 311 g/mol. The Morgan fingerprint density at radius 3 is 2.43 bits per heavy atom. The standard InChI is InChI=1S/C15H12F3NOS/c1-9(21-14-5-3-2-4-12(14)17)15(20)19-10-6-7-11(16)13(18)8-10/h2-9H,1H3,(H,19,20)/t9-/m1/s1. The van der Waals surface area contributed by atoms with E-state index >= 15 is 0 Å². The Labute approximate surface area is 124 Å². The molecule has 2 nitrogen and oxygen atoms in total. The number of nitrogens with one attached hydrogen (secondary N) is 1. The number of halogens is 3. The van der Waals surface area contributed by atoms with Crippen LogP contribution in [0.4, 0.5) is 18.9 Å². The van der Waals surface area contributed by atoms with E-state index < -0.39 is 28.6 Å². The molecule has 0 aliphatic heterocycles. The summed E-state index contributed by atoms with van der Waals surface area (Å²) in [6.45, 7) is 1.60. The molecule has 1 atom stereocenters. The fraction of sp³-hybridized carbons (Fsp3) is 0.133. The van der Waals surface area contributed by atoms with Crippen LogP contribution in [0.3, 0.4) is 0 Å². The van der Waals surface area contributed by atoms with Gasteiger partial charge in [-0.1, -0.05) is 12.1 Å². The minimum Gasteiger partial charge on any atom is -0.325 e. The topological polar surface area (TPSA) is 29.1 Å². The molecule has 2 aromatic rings. The van der Waals surface area contributed by atoms with E-state index in [9.17, 15) is 18.0 Å². The van der Waals surface area contributed by atoms with Crippen molar-refractivity contribution in [1.82, 2.24) is 0 Å². The highest BCUT2D eigenvalue weighted by molar-refractivity contribution is 8.00. The van der Waals surface area contributed by atoms with Crippen LogP contribution in [0.5, 0.6) is 0 Å². The number of carbonyl (C=O) groups excluding carboxylic acids is 1. The maximum Gasteiger partial charge on any atom is 0.237 e. The summed E-state index contributed by atoms with van der Waals surface area (Å²) in [4.78, 5) is 12.3. The zero-order valence-corrected chi connectivity index (χ0v) is 11.9. The first-order chi connectivity index (χ1) is 9.97. The first-order valence-electron chi connectivity index (χ1n) is 6.14. The number of benzene rings is 2. The molecule has 21 heavy (non-hydrogen) atoms. The number of rotatable bonds is 4. The van der Waals surface area contributed by atoms with Crippen molar-refractivity contribution in [3.05, 3.63) is 59.9 Å². The van der Waals surface area contributed by atoms with Gasteiger partial charge in [-0.2, -0.15) is 0 Å². The third-order valence-corrected chi connectivity index (χ3v) is 3.85. The highest BCUT2D eigenvalue weighted by Crippen LogP contribution is 2.26. The van der Waals surface area contributed by atoms with Gasteiger partial charge in [-0.05, 0) is 31.2 Å². The Morgan fingerprint density at radius 1 is 1.05 bits per heavy atom. The molecule has 2 rings (SSSR count). The highest BCUT2D eigenvalue weighted by Gasteiger charge is 2.17. The van der Waals surface area contributed by atoms with Crippen LogP contribution in [0.1, 0.15) is 6.92 Å². The largest absolute Gasteiger partial charge is 0.325 e. The van der Waals surface area contributed by atoms with Gasteiger partial charge in [0, 0.05) is 16.6 Å². The number of amides is 1. The van der Waals surface area contributed by atoms with E-state index in [0.29, 0.717) is 4.90 Å². The lowest BCUT2D eigenvalue weighted by Crippen LogP contribution is -2.22. The van der Waals surface area contributed by atoms with Crippen molar-refractivity contribution in [1.29, 1.82) is 0 Å². The molecule has 0 saturated carbocycles. The molecular formula is C15H12F3NOS. The van der Waals surface area contributed by atoms with Gasteiger partial charge in [0.05, 0.1) is 5.25 Å². The molecule has 0 unspecified atom stereocenters. The van der Waals surface area contributed by atoms with Crippen molar-refractivity contribution in [2.75, 3.05) is 5.32 Å². The summed E-state index contributed by atoms with van der Waals surface area (Å²) < 4.78 is 39.3. The molecule has 6 heteroatoms. The maximum atomic E-state index is 13.5. The molecule has 0 heterocycles. The minimum atomic E-state index is -1.04. The van der Waals surface area contributed by atoms with Crippen LogP contribution in [-0.4, -0.2) is 11.2 Å². The average Bonchev–Trinajstić information content (AvgIpc) is 2.45. The summed E-state index contributed by atoms with van der Waals surface area (Å²) in [5.41, 5.74) is 0.153. The van der Waals surface area contributed by atoms with Crippen molar-refractivity contribution in [2.24, 2.45) is 0 Å². The predicted octanol–water partition coefficient (Wildman–Crippen LogP) is 4.22. The summed E-state index contributed by atoms with van der Waals surface area (Å²) >= 11 is 1.05. The summed E-state index contributed by atoms with van der Waals surface area (Å²) in [6, 6.07) is 9.20. The number of hydrogen-bond acceptors (Lipinski definition) is 2. The number of anilines is 1. The van der Waals surface area contributed by atoms with Crippen LogP contribution in [-0.2, 0) is 4.79 Å². The van der Waals surface area contributed by atoms with Crippen molar-refractivity contribution < 1.29 is 18.0 Å². The van der Waals surface area contributed by atoms with E-state index in [-0.39, 0.29) is 5.69 Å². The molecule has 0 aliphatic rings. The van der Waals surface area contributed by atoms with E-state index in [1.807, 2.05) is 0 Å². The number of hydrogen-bond donors (Lipinski definition) is 1. The van der Waals surface area contributed by atoms with Crippen molar-refractivity contribution in [2.45, 2.75) is 17.1 Å². The molecule has 2 aromatic carbocycles. The molecule has 0 saturated heterocycles. The van der Waals surface area contributed by atoms with Gasteiger partial charge in [0.25, 0.3) is 0 Å². The second-order valence-electron chi connectivity index (χ2n) is 4.31. The van der Waals surface area contributed by atoms with Crippen LogP contribution in [0.25, 0.3) is 0 Å².